The highest BCUT2D eigenvalue weighted by Crippen LogP contribution is 2.26. The van der Waals surface area contributed by atoms with Crippen molar-refractivity contribution in [2.45, 2.75) is 82.7 Å². The molecule has 2 rings (SSSR count). The minimum absolute atomic E-state index is 0.249. The highest BCUT2D eigenvalue weighted by Gasteiger charge is 2.40. The Bertz CT molecular complexity index is 264. The van der Waals surface area contributed by atoms with Crippen LogP contribution in [0.1, 0.15) is 71.1 Å². The van der Waals surface area contributed by atoms with E-state index < -0.39 is 0 Å². The first-order valence-electron chi connectivity index (χ1n) is 7.83. The molecule has 2 fully saturated rings. The summed E-state index contributed by atoms with van der Waals surface area (Å²) in [5.41, 5.74) is -0.249. The summed E-state index contributed by atoms with van der Waals surface area (Å²) in [5, 5.41) is 6.79. The van der Waals surface area contributed by atoms with E-state index in [4.69, 9.17) is 0 Å². The fourth-order valence-corrected chi connectivity index (χ4v) is 3.50. The SMILES string of the molecule is CCCC1(C(=O)NC2CCCCCC2)CCCN1. The summed E-state index contributed by atoms with van der Waals surface area (Å²) in [6, 6.07) is 0.427. The van der Waals surface area contributed by atoms with Crippen molar-refractivity contribution in [3.63, 3.8) is 0 Å². The Morgan fingerprint density at radius 3 is 2.50 bits per heavy atom. The van der Waals surface area contributed by atoms with E-state index in [1.165, 1.54) is 38.5 Å². The summed E-state index contributed by atoms with van der Waals surface area (Å²) in [6.07, 6.45) is 11.8. The molecule has 1 unspecified atom stereocenters. The first-order valence-corrected chi connectivity index (χ1v) is 7.83. The second-order valence-corrected chi connectivity index (χ2v) is 6.02. The Labute approximate surface area is 111 Å². The zero-order valence-electron chi connectivity index (χ0n) is 11.8. The van der Waals surface area contributed by atoms with Crippen LogP contribution in [-0.4, -0.2) is 24.0 Å². The van der Waals surface area contributed by atoms with E-state index in [1.54, 1.807) is 0 Å². The van der Waals surface area contributed by atoms with Crippen LogP contribution in [0.2, 0.25) is 0 Å². The monoisotopic (exact) mass is 252 g/mol. The van der Waals surface area contributed by atoms with Gasteiger partial charge in [0, 0.05) is 6.04 Å². The van der Waals surface area contributed by atoms with E-state index in [0.29, 0.717) is 6.04 Å². The number of rotatable bonds is 4. The van der Waals surface area contributed by atoms with Gasteiger partial charge in [0.15, 0.2) is 0 Å². The lowest BCUT2D eigenvalue weighted by molar-refractivity contribution is -0.128. The molecule has 1 saturated carbocycles. The van der Waals surface area contributed by atoms with Gasteiger partial charge >= 0.3 is 0 Å². The first-order chi connectivity index (χ1) is 8.77. The van der Waals surface area contributed by atoms with Crippen LogP contribution in [-0.2, 0) is 4.79 Å². The van der Waals surface area contributed by atoms with Gasteiger partial charge in [-0.05, 0) is 38.6 Å². The largest absolute Gasteiger partial charge is 0.352 e. The Balaban J connectivity index is 1.91. The number of nitrogens with one attached hydrogen (secondary N) is 2. The Hall–Kier alpha value is -0.570. The van der Waals surface area contributed by atoms with Crippen molar-refractivity contribution in [3.8, 4) is 0 Å². The van der Waals surface area contributed by atoms with E-state index in [2.05, 4.69) is 17.6 Å². The molecule has 0 spiro atoms. The van der Waals surface area contributed by atoms with Gasteiger partial charge in [-0.25, -0.2) is 0 Å². The predicted octanol–water partition coefficient (Wildman–Crippen LogP) is 2.75. The van der Waals surface area contributed by atoms with Gasteiger partial charge in [0.25, 0.3) is 0 Å². The van der Waals surface area contributed by atoms with Crippen molar-refractivity contribution < 1.29 is 4.79 Å². The normalized spacial score (nSPS) is 30.1. The van der Waals surface area contributed by atoms with E-state index in [0.717, 1.165) is 32.2 Å². The van der Waals surface area contributed by atoms with Crippen LogP contribution in [0.3, 0.4) is 0 Å². The average molecular weight is 252 g/mol. The van der Waals surface area contributed by atoms with Gasteiger partial charge in [-0.2, -0.15) is 0 Å². The van der Waals surface area contributed by atoms with Gasteiger partial charge in [-0.15, -0.1) is 0 Å². The second-order valence-electron chi connectivity index (χ2n) is 6.02. The molecule has 1 heterocycles. The third-order valence-electron chi connectivity index (χ3n) is 4.55. The van der Waals surface area contributed by atoms with Gasteiger partial charge in [-0.1, -0.05) is 39.0 Å². The molecule has 0 bridgehead atoms. The molecule has 3 nitrogen and oxygen atoms in total. The van der Waals surface area contributed by atoms with Crippen LogP contribution < -0.4 is 10.6 Å². The summed E-state index contributed by atoms with van der Waals surface area (Å²) in [7, 11) is 0. The molecule has 3 heteroatoms. The summed E-state index contributed by atoms with van der Waals surface area (Å²) in [5.74, 6) is 0.272. The quantitative estimate of drug-likeness (QED) is 0.755. The summed E-state index contributed by atoms with van der Waals surface area (Å²) < 4.78 is 0. The molecular weight excluding hydrogens is 224 g/mol. The summed E-state index contributed by atoms with van der Waals surface area (Å²) >= 11 is 0. The minimum Gasteiger partial charge on any atom is -0.352 e. The lowest BCUT2D eigenvalue weighted by atomic mass is 9.90. The number of hydrogen-bond donors (Lipinski definition) is 2. The highest BCUT2D eigenvalue weighted by atomic mass is 16.2. The summed E-state index contributed by atoms with van der Waals surface area (Å²) in [6.45, 7) is 3.17. The maximum atomic E-state index is 12.6. The summed E-state index contributed by atoms with van der Waals surface area (Å²) in [4.78, 5) is 12.6. The maximum Gasteiger partial charge on any atom is 0.240 e. The topological polar surface area (TPSA) is 41.1 Å². The van der Waals surface area contributed by atoms with Gasteiger partial charge in [-0.3, -0.25) is 4.79 Å². The highest BCUT2D eigenvalue weighted by molar-refractivity contribution is 5.86. The van der Waals surface area contributed by atoms with Crippen LogP contribution in [0.4, 0.5) is 0 Å². The fourth-order valence-electron chi connectivity index (χ4n) is 3.50. The number of carbonyl (C=O) groups is 1. The van der Waals surface area contributed by atoms with E-state index in [-0.39, 0.29) is 11.4 Å². The third-order valence-corrected chi connectivity index (χ3v) is 4.55. The average Bonchev–Trinajstić information content (AvgIpc) is 2.69. The molecule has 18 heavy (non-hydrogen) atoms. The minimum atomic E-state index is -0.249. The van der Waals surface area contributed by atoms with Gasteiger partial charge < -0.3 is 10.6 Å². The molecule has 104 valence electrons. The molecule has 0 aromatic heterocycles. The van der Waals surface area contributed by atoms with E-state index >= 15 is 0 Å². The molecular formula is C15H28N2O. The zero-order valence-corrected chi connectivity index (χ0v) is 11.8. The third kappa shape index (κ3) is 3.25. The lowest BCUT2D eigenvalue weighted by Gasteiger charge is -2.30. The molecule has 1 atom stereocenters. The molecule has 1 aliphatic carbocycles. The molecule has 1 aliphatic heterocycles. The standard InChI is InChI=1S/C15H28N2O/c1-2-10-15(11-7-12-16-15)14(18)17-13-8-5-3-4-6-9-13/h13,16H,2-12H2,1H3,(H,17,18). The smallest absolute Gasteiger partial charge is 0.240 e. The fraction of sp³-hybridized carbons (Fsp3) is 0.933. The Kier molecular flexibility index (Phi) is 5.04. The van der Waals surface area contributed by atoms with Crippen molar-refractivity contribution in [2.75, 3.05) is 6.54 Å². The van der Waals surface area contributed by atoms with Crippen molar-refractivity contribution in [3.05, 3.63) is 0 Å². The zero-order chi connectivity index (χ0) is 12.8. The van der Waals surface area contributed by atoms with Crippen LogP contribution in [0, 0.1) is 0 Å². The molecule has 1 saturated heterocycles. The Morgan fingerprint density at radius 1 is 1.22 bits per heavy atom. The van der Waals surface area contributed by atoms with Gasteiger partial charge in [0.2, 0.25) is 5.91 Å². The van der Waals surface area contributed by atoms with Crippen LogP contribution in [0.25, 0.3) is 0 Å². The van der Waals surface area contributed by atoms with Crippen molar-refractivity contribution >= 4 is 5.91 Å². The van der Waals surface area contributed by atoms with E-state index in [9.17, 15) is 4.79 Å². The molecule has 0 aromatic carbocycles. The molecule has 0 radical (unpaired) electrons. The molecule has 0 aromatic rings. The molecule has 2 N–H and O–H groups in total. The number of carbonyl (C=O) groups excluding carboxylic acids is 1. The van der Waals surface area contributed by atoms with Gasteiger partial charge in [0.05, 0.1) is 5.54 Å². The Morgan fingerprint density at radius 2 is 1.94 bits per heavy atom. The van der Waals surface area contributed by atoms with Crippen LogP contribution in [0.15, 0.2) is 0 Å². The number of hydrogen-bond acceptors (Lipinski definition) is 2. The second kappa shape index (κ2) is 6.55. The maximum absolute atomic E-state index is 12.6. The van der Waals surface area contributed by atoms with Crippen LogP contribution >= 0.6 is 0 Å². The van der Waals surface area contributed by atoms with Crippen LogP contribution in [0.5, 0.6) is 0 Å². The molecule has 1 amide bonds. The lowest BCUT2D eigenvalue weighted by Crippen LogP contribution is -2.55. The van der Waals surface area contributed by atoms with Crippen molar-refractivity contribution in [1.82, 2.24) is 10.6 Å². The van der Waals surface area contributed by atoms with Crippen molar-refractivity contribution in [1.29, 1.82) is 0 Å². The number of amides is 1. The van der Waals surface area contributed by atoms with Crippen molar-refractivity contribution in [2.24, 2.45) is 0 Å². The van der Waals surface area contributed by atoms with Gasteiger partial charge in [0.1, 0.15) is 0 Å². The van der Waals surface area contributed by atoms with E-state index in [1.807, 2.05) is 0 Å². The first kappa shape index (κ1) is 13.9. The molecule has 2 aliphatic rings. The predicted molar refractivity (Wildman–Crippen MR) is 74.5 cm³/mol.